The number of aliphatic carboxylic acids is 1. The predicted octanol–water partition coefficient (Wildman–Crippen LogP) is 9.03. The van der Waals surface area contributed by atoms with Crippen LogP contribution in [0.5, 0.6) is 0 Å². The van der Waals surface area contributed by atoms with Gasteiger partial charge in [0.1, 0.15) is 5.69 Å². The summed E-state index contributed by atoms with van der Waals surface area (Å²) in [6.45, 7) is 7.36. The van der Waals surface area contributed by atoms with Crippen LogP contribution in [-0.4, -0.2) is 80.3 Å². The molecular formula is C45H58F7N2O11S3+. The molecule has 0 aliphatic carbocycles. The van der Waals surface area contributed by atoms with Crippen LogP contribution in [0.15, 0.2) is 78.6 Å². The third kappa shape index (κ3) is 16.9. The molecule has 23 heteroatoms. The first-order valence-electron chi connectivity index (χ1n) is 21.6. The fourth-order valence-electron chi connectivity index (χ4n) is 8.17. The summed E-state index contributed by atoms with van der Waals surface area (Å²) in [5.74, 6) is -10.2. The van der Waals surface area contributed by atoms with Crippen molar-refractivity contribution in [3.8, 4) is 0 Å². The quantitative estimate of drug-likeness (QED) is 0.0103. The molecule has 0 aromatic heterocycles. The number of nitrogens with zero attached hydrogens (tertiary/aromatic N) is 1. The minimum absolute atomic E-state index is 0.00834. The number of anilines is 1. The smallest absolute Gasteiger partial charge is 0.416 e. The van der Waals surface area contributed by atoms with Crippen molar-refractivity contribution in [1.29, 1.82) is 0 Å². The maximum absolute atomic E-state index is 15.8. The van der Waals surface area contributed by atoms with Gasteiger partial charge in [-0.2, -0.15) is 38.4 Å². The number of benzene rings is 2. The lowest BCUT2D eigenvalue weighted by molar-refractivity contribution is -0.572. The number of carbonyl (C=O) groups is 1. The van der Waals surface area contributed by atoms with E-state index in [4.69, 9.17) is 9.66 Å². The second kappa shape index (κ2) is 24.4. The Kier molecular flexibility index (Phi) is 20.8. The van der Waals surface area contributed by atoms with Crippen molar-refractivity contribution in [1.82, 2.24) is 0 Å². The Bertz CT molecular complexity index is 2600. The summed E-state index contributed by atoms with van der Waals surface area (Å²) in [6, 6.07) is 3.11. The lowest BCUT2D eigenvalue weighted by atomic mass is 9.71. The van der Waals surface area contributed by atoms with Crippen LogP contribution in [-0.2, 0) is 52.2 Å². The van der Waals surface area contributed by atoms with Gasteiger partial charge >= 0.3 is 12.1 Å². The highest BCUT2D eigenvalue weighted by Gasteiger charge is 2.49. The van der Waals surface area contributed by atoms with E-state index < -0.39 is 111 Å². The van der Waals surface area contributed by atoms with Gasteiger partial charge in [-0.3, -0.25) is 18.5 Å². The predicted molar refractivity (Wildman–Crippen MR) is 243 cm³/mol. The van der Waals surface area contributed by atoms with E-state index in [1.165, 1.54) is 60.4 Å². The van der Waals surface area contributed by atoms with E-state index in [2.05, 4.69) is 6.58 Å². The number of halogens is 7. The van der Waals surface area contributed by atoms with E-state index in [1.54, 1.807) is 12.2 Å². The summed E-state index contributed by atoms with van der Waals surface area (Å²) in [6.07, 6.45) is 6.52. The Labute approximate surface area is 392 Å². The number of hydrogen-bond acceptors (Lipinski definition) is 8. The summed E-state index contributed by atoms with van der Waals surface area (Å²) in [5.41, 5.74) is -3.92. The molecule has 68 heavy (non-hydrogen) atoms. The molecule has 3 rings (SSSR count). The summed E-state index contributed by atoms with van der Waals surface area (Å²) in [4.78, 5) is 12.3. The number of nitrogens with two attached hydrogens (primary N) is 1. The third-order valence-corrected chi connectivity index (χ3v) is 14.2. The van der Waals surface area contributed by atoms with Crippen molar-refractivity contribution in [2.45, 2.75) is 108 Å². The normalized spacial score (nSPS) is 17.5. The SMILES string of the molecule is C=C(C=CC=CC=CC=C1N(CCCCCC(=O)O)c2c(F)c(F)c(F)c(F)c2C1(C)CCCCS(=O)(=O)O)C(C)(CCCCS(=O)(=O)O)c1cc(C(F)(F)F)ccc1[NH2+]CCCCS(=O)(=O)O. The number of unbranched alkanes of at least 4 members (excludes halogenated alkanes) is 5. The van der Waals surface area contributed by atoms with E-state index in [1.807, 2.05) is 0 Å². The number of rotatable bonds is 28. The molecule has 2 aromatic rings. The summed E-state index contributed by atoms with van der Waals surface area (Å²) >= 11 is 0. The molecular weight excluding hydrogens is 974 g/mol. The van der Waals surface area contributed by atoms with Gasteiger partial charge in [0, 0.05) is 40.6 Å². The first-order chi connectivity index (χ1) is 31.4. The minimum atomic E-state index is -4.76. The molecule has 0 bridgehead atoms. The van der Waals surface area contributed by atoms with Crippen molar-refractivity contribution in [3.63, 3.8) is 0 Å². The molecule has 2 unspecified atom stereocenters. The first kappa shape index (κ1) is 57.9. The maximum Gasteiger partial charge on any atom is 0.416 e. The number of carboxylic acids is 1. The molecule has 2 atom stereocenters. The molecule has 0 fully saturated rings. The van der Waals surface area contributed by atoms with Gasteiger partial charge in [0.15, 0.2) is 23.3 Å². The van der Waals surface area contributed by atoms with Gasteiger partial charge in [-0.15, -0.1) is 0 Å². The van der Waals surface area contributed by atoms with E-state index in [9.17, 15) is 61.1 Å². The summed E-state index contributed by atoms with van der Waals surface area (Å²) in [7, 11) is -13.0. The van der Waals surface area contributed by atoms with Crippen LogP contribution in [0.4, 0.5) is 42.1 Å². The van der Waals surface area contributed by atoms with E-state index >= 15 is 8.78 Å². The zero-order chi connectivity index (χ0) is 51.3. The molecule has 0 radical (unpaired) electrons. The average molecular weight is 1030 g/mol. The van der Waals surface area contributed by atoms with Crippen LogP contribution >= 0.6 is 0 Å². The number of hydrogen-bond donors (Lipinski definition) is 5. The number of carboxylic acid groups (broad SMARTS) is 1. The molecule has 1 heterocycles. The van der Waals surface area contributed by atoms with Crippen LogP contribution in [0.25, 0.3) is 0 Å². The lowest BCUT2D eigenvalue weighted by Gasteiger charge is -2.33. The van der Waals surface area contributed by atoms with Crippen molar-refractivity contribution >= 4 is 47.7 Å². The van der Waals surface area contributed by atoms with E-state index in [0.717, 1.165) is 12.1 Å². The molecule has 0 amide bonds. The first-order valence-corrected chi connectivity index (χ1v) is 26.4. The fourth-order valence-corrected chi connectivity index (χ4v) is 9.88. The molecule has 380 valence electrons. The number of quaternary nitrogens is 1. The summed E-state index contributed by atoms with van der Waals surface area (Å²) < 4.78 is 199. The maximum atomic E-state index is 15.8. The zero-order valence-corrected chi connectivity index (χ0v) is 40.0. The molecule has 13 nitrogen and oxygen atoms in total. The molecule has 0 spiro atoms. The van der Waals surface area contributed by atoms with Gasteiger partial charge in [-0.25, -0.2) is 17.6 Å². The highest BCUT2D eigenvalue weighted by molar-refractivity contribution is 7.86. The molecule has 6 N–H and O–H groups in total. The Balaban J connectivity index is 2.04. The fraction of sp³-hybridized carbons (Fsp3) is 0.489. The van der Waals surface area contributed by atoms with Gasteiger partial charge in [0.2, 0.25) is 0 Å². The van der Waals surface area contributed by atoms with Gasteiger partial charge < -0.3 is 15.3 Å². The van der Waals surface area contributed by atoms with Crippen LogP contribution in [0.2, 0.25) is 0 Å². The highest BCUT2D eigenvalue weighted by Crippen LogP contribution is 2.54. The molecule has 2 aromatic carbocycles. The van der Waals surface area contributed by atoms with Crippen molar-refractivity contribution in [2.75, 3.05) is 35.2 Å². The van der Waals surface area contributed by atoms with Crippen molar-refractivity contribution < 1.29 is 84.9 Å². The molecule has 1 aliphatic heterocycles. The van der Waals surface area contributed by atoms with Gasteiger partial charge in [0.25, 0.3) is 30.4 Å². The monoisotopic (exact) mass is 1030 g/mol. The highest BCUT2D eigenvalue weighted by atomic mass is 32.2. The zero-order valence-electron chi connectivity index (χ0n) is 37.5. The van der Waals surface area contributed by atoms with Crippen molar-refractivity contribution in [3.05, 3.63) is 119 Å². The van der Waals surface area contributed by atoms with Crippen LogP contribution < -0.4 is 10.2 Å². The lowest BCUT2D eigenvalue weighted by Crippen LogP contribution is -2.78. The van der Waals surface area contributed by atoms with Gasteiger partial charge in [-0.1, -0.05) is 69.2 Å². The van der Waals surface area contributed by atoms with Crippen LogP contribution in [0.3, 0.4) is 0 Å². The Morgan fingerprint density at radius 1 is 0.750 bits per heavy atom. The number of allylic oxidation sites excluding steroid dienone is 9. The van der Waals surface area contributed by atoms with E-state index in [-0.39, 0.29) is 101 Å². The van der Waals surface area contributed by atoms with Crippen LogP contribution in [0, 0.1) is 23.3 Å². The average Bonchev–Trinajstić information content (AvgIpc) is 3.46. The summed E-state index contributed by atoms with van der Waals surface area (Å²) in [5, 5.41) is 10.7. The third-order valence-electron chi connectivity index (χ3n) is 11.8. The largest absolute Gasteiger partial charge is 0.481 e. The van der Waals surface area contributed by atoms with Crippen molar-refractivity contribution in [2.24, 2.45) is 0 Å². The molecule has 1 aliphatic rings. The molecule has 0 saturated carbocycles. The number of alkyl halides is 3. The Hall–Kier alpha value is -4.39. The molecule has 0 saturated heterocycles. The second-order valence-electron chi connectivity index (χ2n) is 17.0. The second-order valence-corrected chi connectivity index (χ2v) is 21.7. The minimum Gasteiger partial charge on any atom is -0.481 e. The van der Waals surface area contributed by atoms with Crippen LogP contribution in [0.1, 0.15) is 108 Å². The Morgan fingerprint density at radius 2 is 1.31 bits per heavy atom. The van der Waals surface area contributed by atoms with Gasteiger partial charge in [-0.05, 0) is 88.1 Å². The van der Waals surface area contributed by atoms with Gasteiger partial charge in [0.05, 0.1) is 35.1 Å². The van der Waals surface area contributed by atoms with E-state index in [0.29, 0.717) is 12.1 Å². The standard InChI is InChI=1S/C45H57F7N2O11S3/c1-31(43(2,23-11-15-27-66(57,58)59)33-30-32(45(50,51)52)21-22-34(33)53-25-13-17-29-68(63,64)65)18-8-5-4-6-9-19-35-44(3,24-12-16-28-67(60,61)62)37-38(46)39(47)40(48)41(49)42(37)54(35)26-14-7-10-20-36(55)56/h4-6,8-9,18-19,21-22,30,53H,1,7,10-17,20,23-29H2,2-3H3,(H,55,56)(H,57,58,59)(H,60,61,62)(H,63,64,65)/p+1. The Morgan fingerprint density at radius 3 is 1.90 bits per heavy atom. The topological polar surface area (TPSA) is 220 Å². The number of fused-ring (bicyclic) bond motifs is 1.